The van der Waals surface area contributed by atoms with Gasteiger partial charge in [-0.3, -0.25) is 4.90 Å². The molecule has 0 radical (unpaired) electrons. The van der Waals surface area contributed by atoms with Crippen LogP contribution in [0.2, 0.25) is 0 Å². The van der Waals surface area contributed by atoms with Gasteiger partial charge in [0.05, 0.1) is 0 Å². The molecule has 1 heterocycles. The van der Waals surface area contributed by atoms with E-state index in [9.17, 15) is 0 Å². The van der Waals surface area contributed by atoms with Crippen molar-refractivity contribution in [3.8, 4) is 0 Å². The fraction of sp³-hybridized carbons (Fsp3) is 0.500. The summed E-state index contributed by atoms with van der Waals surface area (Å²) in [4.78, 5) is 2.54. The van der Waals surface area contributed by atoms with E-state index >= 15 is 0 Å². The van der Waals surface area contributed by atoms with Crippen LogP contribution < -0.4 is 0 Å². The molecule has 2 heteroatoms. The number of hydrogen-bond donors (Lipinski definition) is 0. The average Bonchev–Trinajstić information content (AvgIpc) is 2.17. The minimum atomic E-state index is 1.13. The van der Waals surface area contributed by atoms with Gasteiger partial charge in [-0.25, -0.2) is 0 Å². The Morgan fingerprint density at radius 1 is 1.36 bits per heavy atom. The second kappa shape index (κ2) is 4.45. The quantitative estimate of drug-likeness (QED) is 0.783. The molecule has 0 amide bonds. The summed E-state index contributed by atoms with van der Waals surface area (Å²) in [5, 5.41) is 0. The third-order valence-electron chi connectivity index (χ3n) is 2.80. The highest BCUT2D eigenvalue weighted by atomic mass is 79.9. The van der Waals surface area contributed by atoms with Crippen molar-refractivity contribution in [3.05, 3.63) is 33.8 Å². The molecule has 1 nitrogen and oxygen atoms in total. The molecular weight excluding hydrogens is 238 g/mol. The maximum Gasteiger partial charge on any atom is 0.0237 e. The van der Waals surface area contributed by atoms with Crippen molar-refractivity contribution in [2.24, 2.45) is 0 Å². The highest BCUT2D eigenvalue weighted by Gasteiger charge is 2.14. The number of fused-ring (bicyclic) bond motifs is 1. The molecule has 0 N–H and O–H groups in total. The van der Waals surface area contributed by atoms with Crippen molar-refractivity contribution < 1.29 is 0 Å². The van der Waals surface area contributed by atoms with Gasteiger partial charge >= 0.3 is 0 Å². The molecule has 0 fully saturated rings. The molecule has 0 bridgehead atoms. The third-order valence-corrected chi connectivity index (χ3v) is 3.29. The van der Waals surface area contributed by atoms with Crippen molar-refractivity contribution in [3.63, 3.8) is 0 Å². The van der Waals surface area contributed by atoms with E-state index in [4.69, 9.17) is 0 Å². The Balaban J connectivity index is 2.16. The lowest BCUT2D eigenvalue weighted by Crippen LogP contribution is -2.31. The van der Waals surface area contributed by atoms with Gasteiger partial charge < -0.3 is 0 Å². The SMILES string of the molecule is CCCN1CCc2ccc(Br)cc2C1. The second-order valence-electron chi connectivity index (χ2n) is 3.94. The molecular formula is C12H16BrN. The Morgan fingerprint density at radius 3 is 3.00 bits per heavy atom. The van der Waals surface area contributed by atoms with Crippen LogP contribution in [-0.2, 0) is 13.0 Å². The fourth-order valence-corrected chi connectivity index (χ4v) is 2.50. The van der Waals surface area contributed by atoms with Crippen molar-refractivity contribution in [2.45, 2.75) is 26.3 Å². The van der Waals surface area contributed by atoms with E-state index in [1.165, 1.54) is 41.5 Å². The first kappa shape index (κ1) is 10.2. The second-order valence-corrected chi connectivity index (χ2v) is 4.85. The van der Waals surface area contributed by atoms with Crippen LogP contribution in [0.4, 0.5) is 0 Å². The molecule has 0 saturated heterocycles. The maximum atomic E-state index is 3.53. The zero-order valence-corrected chi connectivity index (χ0v) is 10.2. The third kappa shape index (κ3) is 2.18. The van der Waals surface area contributed by atoms with Gasteiger partial charge in [0, 0.05) is 17.6 Å². The van der Waals surface area contributed by atoms with Gasteiger partial charge in [0.2, 0.25) is 0 Å². The van der Waals surface area contributed by atoms with Gasteiger partial charge in [-0.1, -0.05) is 28.9 Å². The minimum Gasteiger partial charge on any atom is -0.299 e. The lowest BCUT2D eigenvalue weighted by molar-refractivity contribution is 0.255. The van der Waals surface area contributed by atoms with Crippen molar-refractivity contribution >= 4 is 15.9 Å². The summed E-state index contributed by atoms with van der Waals surface area (Å²) in [6, 6.07) is 6.66. The Morgan fingerprint density at radius 2 is 2.21 bits per heavy atom. The Kier molecular flexibility index (Phi) is 3.24. The molecule has 1 aliphatic heterocycles. The van der Waals surface area contributed by atoms with Crippen LogP contribution in [-0.4, -0.2) is 18.0 Å². The van der Waals surface area contributed by atoms with Gasteiger partial charge in [-0.2, -0.15) is 0 Å². The van der Waals surface area contributed by atoms with E-state index in [0.717, 1.165) is 6.54 Å². The summed E-state index contributed by atoms with van der Waals surface area (Å²) in [7, 11) is 0. The molecule has 0 spiro atoms. The topological polar surface area (TPSA) is 3.24 Å². The van der Waals surface area contributed by atoms with Crippen LogP contribution in [0.25, 0.3) is 0 Å². The van der Waals surface area contributed by atoms with E-state index in [2.05, 4.69) is 46.0 Å². The number of rotatable bonds is 2. The summed E-state index contributed by atoms with van der Waals surface area (Å²) in [6.07, 6.45) is 2.46. The lowest BCUT2D eigenvalue weighted by Gasteiger charge is -2.28. The highest BCUT2D eigenvalue weighted by molar-refractivity contribution is 9.10. The van der Waals surface area contributed by atoms with E-state index < -0.39 is 0 Å². The molecule has 0 unspecified atom stereocenters. The summed E-state index contributed by atoms with van der Waals surface area (Å²) in [5.41, 5.74) is 3.03. The van der Waals surface area contributed by atoms with Gasteiger partial charge in [0.15, 0.2) is 0 Å². The molecule has 1 aliphatic rings. The minimum absolute atomic E-state index is 1.13. The van der Waals surface area contributed by atoms with Gasteiger partial charge in [0.1, 0.15) is 0 Å². The van der Waals surface area contributed by atoms with Crippen LogP contribution >= 0.6 is 15.9 Å². The van der Waals surface area contributed by atoms with Gasteiger partial charge in [-0.05, 0) is 42.6 Å². The van der Waals surface area contributed by atoms with E-state index in [-0.39, 0.29) is 0 Å². The lowest BCUT2D eigenvalue weighted by atomic mass is 10.00. The Hall–Kier alpha value is -0.340. The van der Waals surface area contributed by atoms with Gasteiger partial charge in [0.25, 0.3) is 0 Å². The zero-order chi connectivity index (χ0) is 9.97. The molecule has 1 aromatic carbocycles. The molecule has 0 aromatic heterocycles. The van der Waals surface area contributed by atoms with E-state index in [1.54, 1.807) is 0 Å². The van der Waals surface area contributed by atoms with Crippen LogP contribution in [0.3, 0.4) is 0 Å². The monoisotopic (exact) mass is 253 g/mol. The van der Waals surface area contributed by atoms with Crippen LogP contribution in [0, 0.1) is 0 Å². The Bertz CT molecular complexity index is 322. The molecule has 1 aromatic rings. The van der Waals surface area contributed by atoms with Crippen molar-refractivity contribution in [1.82, 2.24) is 4.90 Å². The zero-order valence-electron chi connectivity index (χ0n) is 8.59. The Labute approximate surface area is 94.2 Å². The largest absolute Gasteiger partial charge is 0.299 e. The summed E-state index contributed by atoms with van der Waals surface area (Å²) >= 11 is 3.53. The summed E-state index contributed by atoms with van der Waals surface area (Å²) in [5.74, 6) is 0. The maximum absolute atomic E-state index is 3.53. The van der Waals surface area contributed by atoms with E-state index in [0.29, 0.717) is 0 Å². The van der Waals surface area contributed by atoms with Crippen LogP contribution in [0.1, 0.15) is 24.5 Å². The number of nitrogens with zero attached hydrogens (tertiary/aromatic N) is 1. The predicted molar refractivity (Wildman–Crippen MR) is 63.4 cm³/mol. The molecule has 0 atom stereocenters. The molecule has 76 valence electrons. The normalized spacial score (nSPS) is 16.7. The fourth-order valence-electron chi connectivity index (χ4n) is 2.09. The van der Waals surface area contributed by atoms with Gasteiger partial charge in [-0.15, -0.1) is 0 Å². The first-order valence-electron chi connectivity index (χ1n) is 5.29. The average molecular weight is 254 g/mol. The predicted octanol–water partition coefficient (Wildman–Crippen LogP) is 3.22. The smallest absolute Gasteiger partial charge is 0.0237 e. The number of halogens is 1. The number of benzene rings is 1. The first-order chi connectivity index (χ1) is 6.79. The molecule has 2 rings (SSSR count). The van der Waals surface area contributed by atoms with Crippen LogP contribution in [0.5, 0.6) is 0 Å². The van der Waals surface area contributed by atoms with Crippen molar-refractivity contribution in [2.75, 3.05) is 13.1 Å². The summed E-state index contributed by atoms with van der Waals surface area (Å²) in [6.45, 7) is 5.83. The van der Waals surface area contributed by atoms with E-state index in [1.807, 2.05) is 0 Å². The number of hydrogen-bond acceptors (Lipinski definition) is 1. The molecule has 14 heavy (non-hydrogen) atoms. The van der Waals surface area contributed by atoms with Crippen LogP contribution in [0.15, 0.2) is 22.7 Å². The first-order valence-corrected chi connectivity index (χ1v) is 6.08. The molecule has 0 aliphatic carbocycles. The summed E-state index contributed by atoms with van der Waals surface area (Å²) < 4.78 is 1.20. The highest BCUT2D eigenvalue weighted by Crippen LogP contribution is 2.22. The molecule has 0 saturated carbocycles. The standard InChI is InChI=1S/C12H16BrN/c1-2-6-14-7-5-10-3-4-12(13)8-11(10)9-14/h3-4,8H,2,5-7,9H2,1H3. The van der Waals surface area contributed by atoms with Crippen molar-refractivity contribution in [1.29, 1.82) is 0 Å².